The molecule has 0 heterocycles. The van der Waals surface area contributed by atoms with Gasteiger partial charge in [-0.2, -0.15) is 0 Å². The van der Waals surface area contributed by atoms with Gasteiger partial charge in [-0.25, -0.2) is 0 Å². The van der Waals surface area contributed by atoms with Gasteiger partial charge in [0.15, 0.2) is 6.61 Å². The van der Waals surface area contributed by atoms with E-state index in [1.807, 2.05) is 70.2 Å². The monoisotopic (exact) mass is 474 g/mol. The maximum absolute atomic E-state index is 13.1. The summed E-state index contributed by atoms with van der Waals surface area (Å²) in [7, 11) is 0. The quantitative estimate of drug-likeness (QED) is 0.568. The number of halogens is 1. The van der Waals surface area contributed by atoms with Crippen molar-refractivity contribution >= 4 is 27.7 Å². The number of rotatable bonds is 9. The number of nitrogens with zero attached hydrogens (tertiary/aromatic N) is 1. The molecule has 0 aliphatic heterocycles. The number of carbonyl (C=O) groups excluding carboxylic acids is 2. The molecule has 0 unspecified atom stereocenters. The van der Waals surface area contributed by atoms with Crippen LogP contribution in [0, 0.1) is 13.8 Å². The summed E-state index contributed by atoms with van der Waals surface area (Å²) in [6.07, 6.45) is 0.830. The molecule has 2 aromatic rings. The molecule has 0 spiro atoms. The molecule has 2 atom stereocenters. The molecule has 2 rings (SSSR count). The Balaban J connectivity index is 2.16. The Bertz CT molecular complexity index is 885. The summed E-state index contributed by atoms with van der Waals surface area (Å²) in [5, 5.41) is 2.97. The molecule has 5 nitrogen and oxygen atoms in total. The molecular formula is C24H31BrN2O3. The van der Waals surface area contributed by atoms with Crippen molar-refractivity contribution < 1.29 is 14.3 Å². The fraction of sp³-hybridized carbons (Fsp3) is 0.417. The van der Waals surface area contributed by atoms with Crippen molar-refractivity contribution in [3.8, 4) is 5.75 Å². The predicted molar refractivity (Wildman–Crippen MR) is 123 cm³/mol. The van der Waals surface area contributed by atoms with Crippen molar-refractivity contribution in [1.82, 2.24) is 10.2 Å². The SMILES string of the molecule is CC[C@@H](C)NC(=O)[C@@H](C)N(Cc1cccc(C)c1)C(=O)COc1ccc(Br)c(C)c1. The number of hydrogen-bond donors (Lipinski definition) is 1. The van der Waals surface area contributed by atoms with Crippen molar-refractivity contribution in [3.05, 3.63) is 63.6 Å². The Morgan fingerprint density at radius 2 is 1.87 bits per heavy atom. The molecule has 30 heavy (non-hydrogen) atoms. The van der Waals surface area contributed by atoms with E-state index < -0.39 is 6.04 Å². The van der Waals surface area contributed by atoms with Crippen molar-refractivity contribution in [2.24, 2.45) is 0 Å². The second-order valence-corrected chi connectivity index (χ2v) is 8.56. The molecule has 0 fully saturated rings. The van der Waals surface area contributed by atoms with Gasteiger partial charge >= 0.3 is 0 Å². The number of hydrogen-bond acceptors (Lipinski definition) is 3. The molecule has 2 amide bonds. The van der Waals surface area contributed by atoms with Crippen LogP contribution >= 0.6 is 15.9 Å². The van der Waals surface area contributed by atoms with E-state index >= 15 is 0 Å². The zero-order valence-electron chi connectivity index (χ0n) is 18.4. The standard InChI is InChI=1S/C24H31BrN2O3/c1-6-18(4)26-24(29)19(5)27(14-20-9-7-8-16(2)12-20)23(28)15-30-21-10-11-22(25)17(3)13-21/h7-13,18-19H,6,14-15H2,1-5H3,(H,26,29)/t18-,19-/m1/s1. The van der Waals surface area contributed by atoms with Gasteiger partial charge in [-0.05, 0) is 63.4 Å². The Hall–Kier alpha value is -2.34. The van der Waals surface area contributed by atoms with E-state index in [9.17, 15) is 9.59 Å². The number of nitrogens with one attached hydrogen (secondary N) is 1. The molecule has 0 saturated heterocycles. The summed E-state index contributed by atoms with van der Waals surface area (Å²) >= 11 is 3.46. The molecule has 2 aromatic carbocycles. The van der Waals surface area contributed by atoms with Crippen molar-refractivity contribution in [1.29, 1.82) is 0 Å². The first-order chi connectivity index (χ1) is 14.2. The van der Waals surface area contributed by atoms with Crippen molar-refractivity contribution in [2.75, 3.05) is 6.61 Å². The zero-order chi connectivity index (χ0) is 22.3. The van der Waals surface area contributed by atoms with Gasteiger partial charge < -0.3 is 15.0 Å². The normalized spacial score (nSPS) is 12.7. The zero-order valence-corrected chi connectivity index (χ0v) is 20.0. The molecule has 162 valence electrons. The molecular weight excluding hydrogens is 444 g/mol. The molecule has 0 saturated carbocycles. The first-order valence-electron chi connectivity index (χ1n) is 10.3. The van der Waals surface area contributed by atoms with E-state index in [-0.39, 0.29) is 24.5 Å². The van der Waals surface area contributed by atoms with E-state index in [1.54, 1.807) is 11.8 Å². The molecule has 0 aliphatic carbocycles. The Labute approximate surface area is 187 Å². The Morgan fingerprint density at radius 3 is 2.50 bits per heavy atom. The Kier molecular flexibility index (Phi) is 8.90. The highest BCUT2D eigenvalue weighted by atomic mass is 79.9. The smallest absolute Gasteiger partial charge is 0.261 e. The first-order valence-corrected chi connectivity index (χ1v) is 11.0. The van der Waals surface area contributed by atoms with Crippen LogP contribution < -0.4 is 10.1 Å². The average molecular weight is 475 g/mol. The molecule has 6 heteroatoms. The summed E-state index contributed by atoms with van der Waals surface area (Å²) in [6, 6.07) is 13.0. The van der Waals surface area contributed by atoms with Gasteiger partial charge in [-0.1, -0.05) is 52.7 Å². The van der Waals surface area contributed by atoms with Gasteiger partial charge in [-0.15, -0.1) is 0 Å². The average Bonchev–Trinajstić information content (AvgIpc) is 2.72. The van der Waals surface area contributed by atoms with Crippen LogP contribution in [-0.4, -0.2) is 35.4 Å². The number of carbonyl (C=O) groups is 2. The van der Waals surface area contributed by atoms with Gasteiger partial charge in [0.25, 0.3) is 5.91 Å². The number of amides is 2. The third-order valence-electron chi connectivity index (χ3n) is 5.10. The van der Waals surface area contributed by atoms with Crippen LogP contribution in [0.4, 0.5) is 0 Å². The highest BCUT2D eigenvalue weighted by Gasteiger charge is 2.27. The second kappa shape index (κ2) is 11.2. The number of benzene rings is 2. The molecule has 0 aliphatic rings. The van der Waals surface area contributed by atoms with Crippen LogP contribution in [0.5, 0.6) is 5.75 Å². The molecule has 0 bridgehead atoms. The second-order valence-electron chi connectivity index (χ2n) is 7.70. The maximum atomic E-state index is 13.1. The minimum absolute atomic E-state index is 0.0536. The predicted octanol–water partition coefficient (Wildman–Crippen LogP) is 4.78. The summed E-state index contributed by atoms with van der Waals surface area (Å²) in [6.45, 7) is 9.91. The molecule has 0 aromatic heterocycles. The van der Waals surface area contributed by atoms with Crippen LogP contribution in [0.25, 0.3) is 0 Å². The lowest BCUT2D eigenvalue weighted by atomic mass is 10.1. The van der Waals surface area contributed by atoms with Gasteiger partial charge in [0.05, 0.1) is 0 Å². The fourth-order valence-electron chi connectivity index (χ4n) is 2.99. The maximum Gasteiger partial charge on any atom is 0.261 e. The lowest BCUT2D eigenvalue weighted by Gasteiger charge is -2.29. The van der Waals surface area contributed by atoms with E-state index in [0.29, 0.717) is 12.3 Å². The van der Waals surface area contributed by atoms with Crippen LogP contribution in [0.2, 0.25) is 0 Å². The minimum Gasteiger partial charge on any atom is -0.484 e. The lowest BCUT2D eigenvalue weighted by molar-refractivity contribution is -0.142. The van der Waals surface area contributed by atoms with E-state index in [2.05, 4.69) is 21.2 Å². The molecule has 1 N–H and O–H groups in total. The lowest BCUT2D eigenvalue weighted by Crippen LogP contribution is -2.50. The highest BCUT2D eigenvalue weighted by Crippen LogP contribution is 2.22. The Morgan fingerprint density at radius 1 is 1.13 bits per heavy atom. The summed E-state index contributed by atoms with van der Waals surface area (Å²) in [5.74, 6) is 0.227. The topological polar surface area (TPSA) is 58.6 Å². The first kappa shape index (κ1) is 23.9. The summed E-state index contributed by atoms with van der Waals surface area (Å²) < 4.78 is 6.72. The largest absolute Gasteiger partial charge is 0.484 e. The minimum atomic E-state index is -0.609. The van der Waals surface area contributed by atoms with Gasteiger partial charge in [0.2, 0.25) is 5.91 Å². The van der Waals surface area contributed by atoms with Gasteiger partial charge in [-0.3, -0.25) is 9.59 Å². The third kappa shape index (κ3) is 6.87. The van der Waals surface area contributed by atoms with E-state index in [0.717, 1.165) is 27.6 Å². The van der Waals surface area contributed by atoms with Crippen LogP contribution in [0.3, 0.4) is 0 Å². The summed E-state index contributed by atoms with van der Waals surface area (Å²) in [4.78, 5) is 27.4. The van der Waals surface area contributed by atoms with Gasteiger partial charge in [0, 0.05) is 17.1 Å². The fourth-order valence-corrected chi connectivity index (χ4v) is 3.24. The van der Waals surface area contributed by atoms with Crippen LogP contribution in [0.1, 0.15) is 43.9 Å². The number of ether oxygens (including phenoxy) is 1. The van der Waals surface area contributed by atoms with Crippen molar-refractivity contribution in [2.45, 2.75) is 59.7 Å². The third-order valence-corrected chi connectivity index (χ3v) is 5.99. The van der Waals surface area contributed by atoms with E-state index in [1.165, 1.54) is 0 Å². The van der Waals surface area contributed by atoms with E-state index in [4.69, 9.17) is 4.74 Å². The van der Waals surface area contributed by atoms with Crippen LogP contribution in [0.15, 0.2) is 46.9 Å². The summed E-state index contributed by atoms with van der Waals surface area (Å²) in [5.41, 5.74) is 3.11. The highest BCUT2D eigenvalue weighted by molar-refractivity contribution is 9.10. The van der Waals surface area contributed by atoms with Crippen LogP contribution in [-0.2, 0) is 16.1 Å². The van der Waals surface area contributed by atoms with Crippen molar-refractivity contribution in [3.63, 3.8) is 0 Å². The molecule has 0 radical (unpaired) electrons. The number of aryl methyl sites for hydroxylation is 2. The van der Waals surface area contributed by atoms with Gasteiger partial charge in [0.1, 0.15) is 11.8 Å².